The molecule has 22 heavy (non-hydrogen) atoms. The molecule has 3 heterocycles. The van der Waals surface area contributed by atoms with Crippen molar-refractivity contribution in [1.29, 1.82) is 0 Å². The Bertz CT molecular complexity index is 675. The van der Waals surface area contributed by atoms with E-state index < -0.39 is 0 Å². The summed E-state index contributed by atoms with van der Waals surface area (Å²) in [5.74, 6) is 7.83. The molecule has 1 fully saturated rings. The average molecular weight is 300 g/mol. The fourth-order valence-corrected chi connectivity index (χ4v) is 3.71. The van der Waals surface area contributed by atoms with Crippen LogP contribution in [-0.4, -0.2) is 30.8 Å². The van der Waals surface area contributed by atoms with Crippen LogP contribution in [0.15, 0.2) is 12.5 Å². The van der Waals surface area contributed by atoms with Gasteiger partial charge in [0.25, 0.3) is 0 Å². The summed E-state index contributed by atoms with van der Waals surface area (Å²) in [7, 11) is 0. The first kappa shape index (κ1) is 13.4. The molecular weight excluding hydrogens is 280 g/mol. The lowest BCUT2D eigenvalue weighted by atomic mass is 10.0. The lowest BCUT2D eigenvalue weighted by Gasteiger charge is -2.40. The molecule has 1 aliphatic carbocycles. The van der Waals surface area contributed by atoms with Crippen LogP contribution in [0.5, 0.6) is 0 Å². The Kier molecular flexibility index (Phi) is 3.18. The van der Waals surface area contributed by atoms with Crippen LogP contribution in [0, 0.1) is 0 Å². The van der Waals surface area contributed by atoms with Gasteiger partial charge in [-0.1, -0.05) is 19.8 Å². The number of hydrogen-bond donors (Lipinski definition) is 2. The Morgan fingerprint density at radius 1 is 1.36 bits per heavy atom. The van der Waals surface area contributed by atoms with Gasteiger partial charge in [0.15, 0.2) is 11.6 Å². The third-order valence-electron chi connectivity index (χ3n) is 4.70. The standard InChI is InChI=1S/C14H20N8/c1-2-10-13-20-17-8-21(13)11-7-16-14(19-15)18-12(11)22(10)9-5-3-4-6-9/h7-10H,2-6,15H2,1H3,(H,16,18,19)/t10-/m1/s1. The SMILES string of the molecule is CC[C@@H]1c2nncn2-c2cnc(NN)nc2N1C1CCCC1. The first-order chi connectivity index (χ1) is 10.8. The largest absolute Gasteiger partial charge is 0.341 e. The molecule has 2 aromatic heterocycles. The van der Waals surface area contributed by atoms with E-state index in [2.05, 4.69) is 37.4 Å². The molecule has 0 aromatic carbocycles. The van der Waals surface area contributed by atoms with Crippen LogP contribution >= 0.6 is 0 Å². The third kappa shape index (κ3) is 1.87. The molecule has 1 atom stereocenters. The molecule has 0 amide bonds. The van der Waals surface area contributed by atoms with Crippen molar-refractivity contribution in [3.05, 3.63) is 18.3 Å². The highest BCUT2D eigenvalue weighted by Gasteiger charge is 2.38. The number of anilines is 2. The van der Waals surface area contributed by atoms with Crippen molar-refractivity contribution in [2.24, 2.45) is 5.84 Å². The molecule has 0 bridgehead atoms. The van der Waals surface area contributed by atoms with Crippen molar-refractivity contribution in [2.75, 3.05) is 10.3 Å². The van der Waals surface area contributed by atoms with E-state index in [0.717, 1.165) is 23.8 Å². The van der Waals surface area contributed by atoms with Crippen molar-refractivity contribution in [3.8, 4) is 5.69 Å². The van der Waals surface area contributed by atoms with E-state index >= 15 is 0 Å². The topological polar surface area (TPSA) is 97.8 Å². The second-order valence-corrected chi connectivity index (χ2v) is 5.88. The molecule has 4 rings (SSSR count). The van der Waals surface area contributed by atoms with E-state index in [9.17, 15) is 0 Å². The number of hydrazine groups is 1. The van der Waals surface area contributed by atoms with Gasteiger partial charge in [0.1, 0.15) is 12.0 Å². The molecule has 8 nitrogen and oxygen atoms in total. The predicted molar refractivity (Wildman–Crippen MR) is 82.5 cm³/mol. The zero-order chi connectivity index (χ0) is 15.1. The number of aromatic nitrogens is 5. The normalized spacial score (nSPS) is 20.8. The second-order valence-electron chi connectivity index (χ2n) is 5.88. The highest BCUT2D eigenvalue weighted by atomic mass is 15.4. The molecule has 3 N–H and O–H groups in total. The summed E-state index contributed by atoms with van der Waals surface area (Å²) in [5.41, 5.74) is 3.48. The number of fused-ring (bicyclic) bond motifs is 3. The number of nitrogens with one attached hydrogen (secondary N) is 1. The molecule has 116 valence electrons. The van der Waals surface area contributed by atoms with Gasteiger partial charge in [0.05, 0.1) is 12.2 Å². The van der Waals surface area contributed by atoms with Crippen LogP contribution in [0.1, 0.15) is 50.9 Å². The number of hydrogen-bond acceptors (Lipinski definition) is 7. The summed E-state index contributed by atoms with van der Waals surface area (Å²) >= 11 is 0. The van der Waals surface area contributed by atoms with Gasteiger partial charge in [-0.2, -0.15) is 4.98 Å². The highest BCUT2D eigenvalue weighted by molar-refractivity contribution is 5.63. The van der Waals surface area contributed by atoms with Crippen LogP contribution in [0.2, 0.25) is 0 Å². The molecule has 0 unspecified atom stereocenters. The summed E-state index contributed by atoms with van der Waals surface area (Å²) in [6.07, 6.45) is 9.42. The van der Waals surface area contributed by atoms with E-state index in [1.165, 1.54) is 25.7 Å². The van der Waals surface area contributed by atoms with Crippen molar-refractivity contribution in [1.82, 2.24) is 24.7 Å². The van der Waals surface area contributed by atoms with Gasteiger partial charge >= 0.3 is 0 Å². The molecule has 1 aliphatic heterocycles. The van der Waals surface area contributed by atoms with E-state index in [1.807, 2.05) is 4.57 Å². The van der Waals surface area contributed by atoms with Crippen molar-refractivity contribution < 1.29 is 0 Å². The minimum Gasteiger partial charge on any atom is -0.341 e. The smallest absolute Gasteiger partial charge is 0.239 e. The Hall–Kier alpha value is -2.22. The van der Waals surface area contributed by atoms with E-state index in [1.54, 1.807) is 12.5 Å². The monoisotopic (exact) mass is 300 g/mol. The van der Waals surface area contributed by atoms with Gasteiger partial charge in [-0.15, -0.1) is 10.2 Å². The minimum absolute atomic E-state index is 0.193. The van der Waals surface area contributed by atoms with Gasteiger partial charge in [-0.25, -0.2) is 10.8 Å². The zero-order valence-corrected chi connectivity index (χ0v) is 12.6. The lowest BCUT2D eigenvalue weighted by molar-refractivity contribution is 0.469. The van der Waals surface area contributed by atoms with E-state index in [0.29, 0.717) is 12.0 Å². The van der Waals surface area contributed by atoms with Crippen LogP contribution in [0.25, 0.3) is 5.69 Å². The average Bonchev–Trinajstić information content (AvgIpc) is 3.24. The molecule has 8 heteroatoms. The number of rotatable bonds is 3. The van der Waals surface area contributed by atoms with E-state index in [-0.39, 0.29) is 6.04 Å². The predicted octanol–water partition coefficient (Wildman–Crippen LogP) is 1.56. The second kappa shape index (κ2) is 5.20. The molecule has 2 aliphatic rings. The Morgan fingerprint density at radius 3 is 2.91 bits per heavy atom. The summed E-state index contributed by atoms with van der Waals surface area (Å²) in [6, 6.07) is 0.688. The van der Waals surface area contributed by atoms with Crippen molar-refractivity contribution >= 4 is 11.8 Å². The van der Waals surface area contributed by atoms with Gasteiger partial charge < -0.3 is 4.90 Å². The quantitative estimate of drug-likeness (QED) is 0.655. The fourth-order valence-electron chi connectivity index (χ4n) is 3.71. The fraction of sp³-hybridized carbons (Fsp3) is 0.571. The van der Waals surface area contributed by atoms with Crippen LogP contribution in [0.3, 0.4) is 0 Å². The van der Waals surface area contributed by atoms with Gasteiger partial charge in [0, 0.05) is 6.04 Å². The van der Waals surface area contributed by atoms with Crippen LogP contribution in [0.4, 0.5) is 11.8 Å². The highest BCUT2D eigenvalue weighted by Crippen LogP contribution is 2.42. The first-order valence-corrected chi connectivity index (χ1v) is 7.85. The zero-order valence-electron chi connectivity index (χ0n) is 12.6. The van der Waals surface area contributed by atoms with Crippen LogP contribution < -0.4 is 16.2 Å². The van der Waals surface area contributed by atoms with Gasteiger partial charge in [0.2, 0.25) is 5.95 Å². The third-order valence-corrected chi connectivity index (χ3v) is 4.70. The molecule has 0 spiro atoms. The van der Waals surface area contributed by atoms with Crippen molar-refractivity contribution in [2.45, 2.75) is 51.1 Å². The first-order valence-electron chi connectivity index (χ1n) is 7.85. The molecule has 0 saturated heterocycles. The van der Waals surface area contributed by atoms with Gasteiger partial charge in [-0.3, -0.25) is 9.99 Å². The Morgan fingerprint density at radius 2 is 2.18 bits per heavy atom. The molecule has 0 radical (unpaired) electrons. The maximum Gasteiger partial charge on any atom is 0.239 e. The minimum atomic E-state index is 0.193. The maximum absolute atomic E-state index is 5.50. The Labute approximate surface area is 128 Å². The molecular formula is C14H20N8. The van der Waals surface area contributed by atoms with E-state index in [4.69, 9.17) is 5.84 Å². The number of nitrogen functional groups attached to an aromatic ring is 1. The summed E-state index contributed by atoms with van der Waals surface area (Å²) in [5, 5.41) is 8.44. The van der Waals surface area contributed by atoms with Crippen LogP contribution in [-0.2, 0) is 0 Å². The molecule has 2 aromatic rings. The Balaban J connectivity index is 1.90. The summed E-state index contributed by atoms with van der Waals surface area (Å²) < 4.78 is 2.00. The number of nitrogens with two attached hydrogens (primary N) is 1. The van der Waals surface area contributed by atoms with Crippen molar-refractivity contribution in [3.63, 3.8) is 0 Å². The molecule has 1 saturated carbocycles. The maximum atomic E-state index is 5.50. The van der Waals surface area contributed by atoms with Gasteiger partial charge in [-0.05, 0) is 19.3 Å². The summed E-state index contributed by atoms with van der Waals surface area (Å²) in [6.45, 7) is 2.18. The number of nitrogens with zero attached hydrogens (tertiary/aromatic N) is 6. The lowest BCUT2D eigenvalue weighted by Crippen LogP contribution is -2.42. The summed E-state index contributed by atoms with van der Waals surface area (Å²) in [4.78, 5) is 11.3.